The van der Waals surface area contributed by atoms with Gasteiger partial charge in [-0.1, -0.05) is 41.4 Å². The highest BCUT2D eigenvalue weighted by Crippen LogP contribution is 2.39. The lowest BCUT2D eigenvalue weighted by Gasteiger charge is -2.39. The average molecular weight is 648 g/mol. The van der Waals surface area contributed by atoms with Gasteiger partial charge in [0.25, 0.3) is 5.91 Å². The maximum absolute atomic E-state index is 13.3. The minimum absolute atomic E-state index is 0.0133. The number of pyridine rings is 1. The number of rotatable bonds is 9. The summed E-state index contributed by atoms with van der Waals surface area (Å²) < 4.78 is 85.5. The van der Waals surface area contributed by atoms with E-state index in [-0.39, 0.29) is 33.3 Å². The highest BCUT2D eigenvalue weighted by molar-refractivity contribution is 6.39. The molecule has 0 aliphatic carbocycles. The molecule has 0 bridgehead atoms. The molecule has 1 amide bonds. The number of aromatic nitrogens is 1. The fraction of sp³-hybridized carbons (Fsp3) is 0.400. The van der Waals surface area contributed by atoms with Gasteiger partial charge in [-0.15, -0.1) is 0 Å². The summed E-state index contributed by atoms with van der Waals surface area (Å²) in [5, 5.41) is 3.11. The molecule has 1 saturated heterocycles. The van der Waals surface area contributed by atoms with Crippen LogP contribution in [0.5, 0.6) is 5.75 Å². The van der Waals surface area contributed by atoms with E-state index in [0.29, 0.717) is 44.5 Å². The van der Waals surface area contributed by atoms with Crippen LogP contribution >= 0.6 is 23.2 Å². The van der Waals surface area contributed by atoms with Crippen molar-refractivity contribution in [1.29, 1.82) is 0 Å². The Morgan fingerprint density at radius 1 is 0.977 bits per heavy atom. The molecule has 1 N–H and O–H groups in total. The number of piperidine rings is 1. The van der Waals surface area contributed by atoms with Gasteiger partial charge < -0.3 is 15.0 Å². The van der Waals surface area contributed by atoms with Gasteiger partial charge in [-0.2, -0.15) is 26.3 Å². The normalized spacial score (nSPS) is 16.5. The Morgan fingerprint density at radius 3 is 2.16 bits per heavy atom. The van der Waals surface area contributed by atoms with Crippen molar-refractivity contribution < 1.29 is 35.9 Å². The summed E-state index contributed by atoms with van der Waals surface area (Å²) in [6.45, 7) is 3.64. The van der Waals surface area contributed by atoms with Crippen LogP contribution in [0, 0.1) is 5.92 Å². The molecule has 0 saturated carbocycles. The first-order chi connectivity index (χ1) is 20.2. The van der Waals surface area contributed by atoms with E-state index >= 15 is 0 Å². The Morgan fingerprint density at radius 2 is 1.58 bits per heavy atom. The number of carbonyl (C=O) groups excluding carboxylic acids is 1. The van der Waals surface area contributed by atoms with E-state index in [1.807, 2.05) is 6.92 Å². The zero-order valence-electron chi connectivity index (χ0n) is 23.0. The average Bonchev–Trinajstić information content (AvgIpc) is 2.95. The number of hydrogen-bond acceptors (Lipinski definition) is 4. The van der Waals surface area contributed by atoms with Crippen LogP contribution in [0.2, 0.25) is 10.0 Å². The molecule has 1 fully saturated rings. The lowest BCUT2D eigenvalue weighted by Crippen LogP contribution is -2.43. The monoisotopic (exact) mass is 647 g/mol. The van der Waals surface area contributed by atoms with Gasteiger partial charge >= 0.3 is 12.4 Å². The van der Waals surface area contributed by atoms with E-state index in [4.69, 9.17) is 27.9 Å². The molecule has 1 unspecified atom stereocenters. The maximum atomic E-state index is 13.3. The van der Waals surface area contributed by atoms with Crippen LogP contribution in [0.25, 0.3) is 0 Å². The zero-order chi connectivity index (χ0) is 31.4. The van der Waals surface area contributed by atoms with Crippen molar-refractivity contribution in [1.82, 2.24) is 15.2 Å². The Bertz CT molecular complexity index is 1370. The summed E-state index contributed by atoms with van der Waals surface area (Å²) >= 11 is 12.1. The fourth-order valence-corrected chi connectivity index (χ4v) is 5.68. The number of alkyl halides is 6. The molecule has 2 atom stereocenters. The molecule has 0 spiro atoms. The molecular formula is C30H29Cl2F6N3O2. The first kappa shape index (κ1) is 32.9. The van der Waals surface area contributed by atoms with Crippen LogP contribution in [0.15, 0.2) is 60.9 Å². The van der Waals surface area contributed by atoms with E-state index in [0.717, 1.165) is 24.3 Å². The van der Waals surface area contributed by atoms with E-state index in [9.17, 15) is 31.1 Å². The second-order valence-corrected chi connectivity index (χ2v) is 11.2. The Hall–Kier alpha value is -3.02. The fourth-order valence-electron chi connectivity index (χ4n) is 5.15. The predicted molar refractivity (Wildman–Crippen MR) is 151 cm³/mol. The highest BCUT2D eigenvalue weighted by atomic mass is 35.5. The van der Waals surface area contributed by atoms with Crippen LogP contribution in [-0.4, -0.2) is 41.5 Å². The molecule has 2 heterocycles. The second kappa shape index (κ2) is 13.7. The SMILES string of the molecule is CC(CCNC(=O)c1c(Cl)cncc1Cl)N1CCC([C@@H](Oc2cccc(C(F)(F)F)c2)c2ccc(C(F)(F)F)cc2)CC1. The first-order valence-corrected chi connectivity index (χ1v) is 14.3. The minimum atomic E-state index is -4.57. The van der Waals surface area contributed by atoms with Crippen LogP contribution in [-0.2, 0) is 12.4 Å². The van der Waals surface area contributed by atoms with Crippen molar-refractivity contribution in [3.63, 3.8) is 0 Å². The van der Waals surface area contributed by atoms with E-state index < -0.39 is 35.5 Å². The van der Waals surface area contributed by atoms with Gasteiger partial charge in [0.1, 0.15) is 11.9 Å². The van der Waals surface area contributed by atoms with Gasteiger partial charge in [0.2, 0.25) is 0 Å². The lowest BCUT2D eigenvalue weighted by molar-refractivity contribution is -0.138. The van der Waals surface area contributed by atoms with Gasteiger partial charge in [-0.05, 0) is 75.2 Å². The summed E-state index contributed by atoms with van der Waals surface area (Å²) in [5.74, 6) is -0.583. The molecule has 3 aromatic rings. The molecule has 232 valence electrons. The smallest absolute Gasteiger partial charge is 0.416 e. The Labute approximate surface area is 255 Å². The van der Waals surface area contributed by atoms with Crippen molar-refractivity contribution in [2.75, 3.05) is 19.6 Å². The Kier molecular flexibility index (Phi) is 10.5. The summed E-state index contributed by atoms with van der Waals surface area (Å²) in [7, 11) is 0. The van der Waals surface area contributed by atoms with Gasteiger partial charge in [0.15, 0.2) is 0 Å². The summed E-state index contributed by atoms with van der Waals surface area (Å²) in [4.78, 5) is 18.6. The number of hydrogen-bond donors (Lipinski definition) is 1. The van der Waals surface area contributed by atoms with Crippen molar-refractivity contribution in [2.24, 2.45) is 5.92 Å². The summed E-state index contributed by atoms with van der Waals surface area (Å²) in [6.07, 6.45) is -5.34. The molecule has 13 heteroatoms. The van der Waals surface area contributed by atoms with Gasteiger partial charge in [0.05, 0.1) is 26.7 Å². The number of benzene rings is 2. The van der Waals surface area contributed by atoms with Crippen LogP contribution in [0.3, 0.4) is 0 Å². The van der Waals surface area contributed by atoms with Crippen molar-refractivity contribution in [3.05, 3.63) is 93.2 Å². The van der Waals surface area contributed by atoms with E-state index in [1.54, 1.807) is 0 Å². The zero-order valence-corrected chi connectivity index (χ0v) is 24.5. The molecule has 4 rings (SSSR count). The van der Waals surface area contributed by atoms with Crippen LogP contribution in [0.4, 0.5) is 26.3 Å². The molecule has 5 nitrogen and oxygen atoms in total. The quantitative estimate of drug-likeness (QED) is 0.237. The third-order valence-electron chi connectivity index (χ3n) is 7.54. The molecule has 2 aromatic carbocycles. The number of likely N-dealkylation sites (tertiary alicyclic amines) is 1. The summed E-state index contributed by atoms with van der Waals surface area (Å²) in [5.41, 5.74) is -1.09. The third-order valence-corrected chi connectivity index (χ3v) is 8.12. The van der Waals surface area contributed by atoms with Gasteiger partial charge in [-0.25, -0.2) is 0 Å². The summed E-state index contributed by atoms with van der Waals surface area (Å²) in [6, 6.07) is 9.10. The topological polar surface area (TPSA) is 54.5 Å². The predicted octanol–water partition coefficient (Wildman–Crippen LogP) is 8.47. The third kappa shape index (κ3) is 8.55. The number of nitrogens with one attached hydrogen (secondary N) is 1. The molecule has 0 radical (unpaired) electrons. The largest absolute Gasteiger partial charge is 0.485 e. The van der Waals surface area contributed by atoms with Crippen molar-refractivity contribution in [2.45, 2.75) is 50.7 Å². The number of ether oxygens (including phenoxy) is 1. The Balaban J connectivity index is 1.41. The molecule has 1 aromatic heterocycles. The molecule has 1 aliphatic heterocycles. The maximum Gasteiger partial charge on any atom is 0.416 e. The van der Waals surface area contributed by atoms with Gasteiger partial charge in [0, 0.05) is 30.9 Å². The van der Waals surface area contributed by atoms with E-state index in [2.05, 4.69) is 15.2 Å². The number of carbonyl (C=O) groups is 1. The number of nitrogens with zero attached hydrogens (tertiary/aromatic N) is 2. The molecule has 1 aliphatic rings. The van der Waals surface area contributed by atoms with Crippen LogP contribution < -0.4 is 10.1 Å². The standard InChI is InChI=1S/C30H29Cl2F6N3O2/c1-18(9-12-40-28(42)26-24(31)16-39-17-25(26)32)41-13-10-20(11-14-41)27(19-5-7-21(8-6-19)29(33,34)35)43-23-4-2-3-22(15-23)30(36,37)38/h2-8,15-18,20,27H,9-14H2,1H3,(H,40,42)/t18?,27-/m0/s1. The van der Waals surface area contributed by atoms with E-state index in [1.165, 1.54) is 36.7 Å². The second-order valence-electron chi connectivity index (χ2n) is 10.4. The van der Waals surface area contributed by atoms with Gasteiger partial charge in [-0.3, -0.25) is 9.78 Å². The number of halogens is 8. The van der Waals surface area contributed by atoms with Crippen molar-refractivity contribution in [3.8, 4) is 5.75 Å². The molecular weight excluding hydrogens is 619 g/mol. The molecule has 43 heavy (non-hydrogen) atoms. The number of amides is 1. The first-order valence-electron chi connectivity index (χ1n) is 13.6. The van der Waals surface area contributed by atoms with Crippen molar-refractivity contribution >= 4 is 29.1 Å². The van der Waals surface area contributed by atoms with Crippen LogP contribution in [0.1, 0.15) is 59.3 Å². The lowest BCUT2D eigenvalue weighted by atomic mass is 9.86. The minimum Gasteiger partial charge on any atom is -0.485 e. The highest BCUT2D eigenvalue weighted by Gasteiger charge is 2.35.